The van der Waals surface area contributed by atoms with E-state index < -0.39 is 39.4 Å². The van der Waals surface area contributed by atoms with Gasteiger partial charge >= 0.3 is 5.97 Å². The van der Waals surface area contributed by atoms with Crippen LogP contribution >= 0.6 is 11.8 Å². The molecule has 208 valence electrons. The molecule has 0 bridgehead atoms. The van der Waals surface area contributed by atoms with Crippen LogP contribution in [0.25, 0.3) is 0 Å². The van der Waals surface area contributed by atoms with Gasteiger partial charge < -0.3 is 19.6 Å². The van der Waals surface area contributed by atoms with Crippen LogP contribution in [0.5, 0.6) is 0 Å². The van der Waals surface area contributed by atoms with E-state index in [4.69, 9.17) is 4.74 Å². The van der Waals surface area contributed by atoms with Gasteiger partial charge in [0.05, 0.1) is 35.8 Å². The Morgan fingerprint density at radius 2 is 1.70 bits per heavy atom. The van der Waals surface area contributed by atoms with Crippen molar-refractivity contribution in [2.75, 3.05) is 19.8 Å². The Balaban J connectivity index is 1.50. The second-order valence-corrected chi connectivity index (χ2v) is 13.0. The molecule has 4 aliphatic heterocycles. The number of esters is 1. The number of carbonyl (C=O) groups excluding carboxylic acids is 3. The van der Waals surface area contributed by atoms with Crippen molar-refractivity contribution >= 4 is 29.5 Å². The van der Waals surface area contributed by atoms with Crippen molar-refractivity contribution in [1.82, 2.24) is 9.80 Å². The normalized spacial score (nSPS) is 33.1. The van der Waals surface area contributed by atoms with Crippen LogP contribution < -0.4 is 0 Å². The van der Waals surface area contributed by atoms with Crippen molar-refractivity contribution in [2.45, 2.75) is 47.9 Å². The van der Waals surface area contributed by atoms with Gasteiger partial charge in [-0.15, -0.1) is 11.8 Å². The number of amides is 2. The fourth-order valence-corrected chi connectivity index (χ4v) is 9.07. The van der Waals surface area contributed by atoms with Crippen molar-refractivity contribution in [3.8, 4) is 0 Å². The van der Waals surface area contributed by atoms with E-state index >= 15 is 0 Å². The third-order valence-electron chi connectivity index (χ3n) is 8.68. The average molecular weight is 559 g/mol. The number of aliphatic hydroxyl groups is 1. The Hall–Kier alpha value is -3.36. The summed E-state index contributed by atoms with van der Waals surface area (Å²) in [6.07, 6.45) is 9.58. The molecule has 2 fully saturated rings. The third-order valence-corrected chi connectivity index (χ3v) is 10.5. The van der Waals surface area contributed by atoms with Gasteiger partial charge in [0.15, 0.2) is 0 Å². The number of hydrogen-bond donors (Lipinski definition) is 1. The first-order valence-corrected chi connectivity index (χ1v) is 14.7. The fraction of sp³-hybridized carbons (Fsp3) is 0.406. The quantitative estimate of drug-likeness (QED) is 0.443. The van der Waals surface area contributed by atoms with Gasteiger partial charge in [-0.3, -0.25) is 14.4 Å². The molecule has 2 amide bonds. The molecule has 4 heterocycles. The molecule has 0 radical (unpaired) electrons. The van der Waals surface area contributed by atoms with E-state index in [0.717, 1.165) is 24.0 Å². The van der Waals surface area contributed by atoms with E-state index in [9.17, 15) is 19.5 Å². The van der Waals surface area contributed by atoms with Crippen LogP contribution in [0.4, 0.5) is 0 Å². The minimum atomic E-state index is -0.996. The number of carbonyl (C=O) groups is 3. The van der Waals surface area contributed by atoms with E-state index in [1.165, 1.54) is 11.8 Å². The number of aliphatic hydroxyl groups excluding tert-OH is 1. The molecule has 6 atom stereocenters. The summed E-state index contributed by atoms with van der Waals surface area (Å²) in [5.74, 6) is -2.45. The zero-order valence-corrected chi connectivity index (χ0v) is 23.3. The van der Waals surface area contributed by atoms with Gasteiger partial charge in [-0.2, -0.15) is 0 Å². The number of ether oxygens (including phenoxy) is 1. The van der Waals surface area contributed by atoms with Gasteiger partial charge in [0.25, 0.3) is 0 Å². The number of rotatable bonds is 5. The van der Waals surface area contributed by atoms with Crippen LogP contribution in [0.3, 0.4) is 0 Å². The summed E-state index contributed by atoms with van der Waals surface area (Å²) in [7, 11) is 0. The van der Waals surface area contributed by atoms with Crippen molar-refractivity contribution in [2.24, 2.45) is 11.8 Å². The zero-order chi connectivity index (χ0) is 27.9. The smallest absolute Gasteiger partial charge is 0.311 e. The van der Waals surface area contributed by atoms with E-state index in [1.807, 2.05) is 85.8 Å². The first kappa shape index (κ1) is 26.8. The summed E-state index contributed by atoms with van der Waals surface area (Å²) >= 11 is 1.52. The molecule has 0 aromatic heterocycles. The molecule has 4 aliphatic rings. The Morgan fingerprint density at radius 3 is 2.42 bits per heavy atom. The van der Waals surface area contributed by atoms with Gasteiger partial charge in [-0.05, 0) is 30.9 Å². The van der Waals surface area contributed by atoms with Gasteiger partial charge in [-0.1, -0.05) is 85.0 Å². The lowest BCUT2D eigenvalue weighted by molar-refractivity contribution is -0.154. The topological polar surface area (TPSA) is 87.1 Å². The van der Waals surface area contributed by atoms with E-state index in [1.54, 1.807) is 9.80 Å². The van der Waals surface area contributed by atoms with Crippen molar-refractivity contribution < 1.29 is 24.2 Å². The Bertz CT molecular complexity index is 1350. The minimum absolute atomic E-state index is 0.181. The highest BCUT2D eigenvalue weighted by atomic mass is 32.2. The minimum Gasteiger partial charge on any atom is -0.465 e. The molecule has 2 saturated heterocycles. The van der Waals surface area contributed by atoms with E-state index in [0.29, 0.717) is 19.7 Å². The third kappa shape index (κ3) is 4.29. The van der Waals surface area contributed by atoms with Crippen LogP contribution in [-0.4, -0.2) is 68.0 Å². The molecule has 0 saturated carbocycles. The van der Waals surface area contributed by atoms with E-state index in [2.05, 4.69) is 6.08 Å². The Kier molecular flexibility index (Phi) is 7.09. The monoisotopic (exact) mass is 558 g/mol. The van der Waals surface area contributed by atoms with Crippen LogP contribution in [-0.2, 0) is 25.7 Å². The average Bonchev–Trinajstić information content (AvgIpc) is 3.32. The van der Waals surface area contributed by atoms with Crippen LogP contribution in [0.1, 0.15) is 36.9 Å². The summed E-state index contributed by atoms with van der Waals surface area (Å²) in [5.41, 5.74) is 1.73. The highest BCUT2D eigenvalue weighted by Crippen LogP contribution is 2.66. The predicted octanol–water partition coefficient (Wildman–Crippen LogP) is 3.90. The fourth-order valence-electron chi connectivity index (χ4n) is 6.93. The van der Waals surface area contributed by atoms with Crippen LogP contribution in [0.2, 0.25) is 0 Å². The highest BCUT2D eigenvalue weighted by molar-refractivity contribution is 8.02. The van der Waals surface area contributed by atoms with Crippen LogP contribution in [0, 0.1) is 11.8 Å². The SMILES string of the molecule is C[C@]12/C=C\CCCOC(=O)[C@H]1[C@H]1C(=O)N([C@H](CO)c3ccccc3)C3C(=O)N(Cc4ccccc4)CC=C[C@@]31S2. The predicted molar refractivity (Wildman–Crippen MR) is 153 cm³/mol. The number of thioether (sulfide) groups is 1. The van der Waals surface area contributed by atoms with Crippen molar-refractivity contribution in [3.05, 3.63) is 96.1 Å². The summed E-state index contributed by atoms with van der Waals surface area (Å²) < 4.78 is 3.98. The van der Waals surface area contributed by atoms with Crippen molar-refractivity contribution in [1.29, 1.82) is 0 Å². The number of allylic oxidation sites excluding steroid dienone is 1. The second kappa shape index (κ2) is 10.6. The highest BCUT2D eigenvalue weighted by Gasteiger charge is 2.74. The summed E-state index contributed by atoms with van der Waals surface area (Å²) in [4.78, 5) is 46.3. The molecule has 1 unspecified atom stereocenters. The second-order valence-electron chi connectivity index (χ2n) is 11.2. The van der Waals surface area contributed by atoms with E-state index in [-0.39, 0.29) is 18.4 Å². The largest absolute Gasteiger partial charge is 0.465 e. The molecule has 2 aromatic rings. The summed E-state index contributed by atoms with van der Waals surface area (Å²) in [6, 6.07) is 17.5. The molecule has 0 aliphatic carbocycles. The maximum atomic E-state index is 14.6. The lowest BCUT2D eigenvalue weighted by Gasteiger charge is -2.40. The lowest BCUT2D eigenvalue weighted by atomic mass is 9.74. The lowest BCUT2D eigenvalue weighted by Crippen LogP contribution is -2.54. The van der Waals surface area contributed by atoms with Gasteiger partial charge in [0.1, 0.15) is 6.04 Å². The summed E-state index contributed by atoms with van der Waals surface area (Å²) in [5, 5.41) is 10.7. The van der Waals surface area contributed by atoms with Gasteiger partial charge in [0, 0.05) is 17.8 Å². The number of fused-ring (bicyclic) bond motifs is 2. The van der Waals surface area contributed by atoms with Crippen LogP contribution in [0.15, 0.2) is 85.0 Å². The zero-order valence-electron chi connectivity index (χ0n) is 22.5. The molecule has 2 aromatic carbocycles. The number of benzene rings is 2. The maximum Gasteiger partial charge on any atom is 0.311 e. The molecule has 1 N–H and O–H groups in total. The van der Waals surface area contributed by atoms with Gasteiger partial charge in [0.2, 0.25) is 11.8 Å². The maximum absolute atomic E-state index is 14.6. The molecular formula is C32H34N2O5S. The molecule has 8 heteroatoms. The standard InChI is InChI=1S/C32H34N2O5S/c1-31-16-9-4-10-19-39-30(38)26(31)25-28(36)34(24(21-35)23-14-7-3-8-15-23)27-29(37)33(18-11-17-32(25,27)40-31)20-22-12-5-2-6-13-22/h2-3,5-9,11-17,24-27,35H,4,10,18-21H2,1H3/b16-9-/t24-,25+,26-,27?,31+,32+/m1/s1. The molecular weight excluding hydrogens is 524 g/mol. The Morgan fingerprint density at radius 1 is 0.975 bits per heavy atom. The number of cyclic esters (lactones) is 1. The number of nitrogens with zero attached hydrogens (tertiary/aromatic N) is 2. The van der Waals surface area contributed by atoms with Crippen molar-refractivity contribution in [3.63, 3.8) is 0 Å². The number of hydrogen-bond acceptors (Lipinski definition) is 6. The molecule has 6 rings (SSSR count). The van der Waals surface area contributed by atoms with Gasteiger partial charge in [-0.25, -0.2) is 0 Å². The first-order chi connectivity index (χ1) is 19.4. The first-order valence-electron chi connectivity index (χ1n) is 13.9. The number of likely N-dealkylation sites (tertiary alicyclic amines) is 1. The Labute approximate surface area is 238 Å². The molecule has 1 spiro atoms. The molecule has 40 heavy (non-hydrogen) atoms. The summed E-state index contributed by atoms with van der Waals surface area (Å²) in [6.45, 7) is 2.72. The molecule has 7 nitrogen and oxygen atoms in total.